The van der Waals surface area contributed by atoms with Crippen LogP contribution in [0.15, 0.2) is 42.7 Å². The fourth-order valence-electron chi connectivity index (χ4n) is 3.43. The zero-order chi connectivity index (χ0) is 16.7. The summed E-state index contributed by atoms with van der Waals surface area (Å²) in [4.78, 5) is 12.4. The zero-order valence-electron chi connectivity index (χ0n) is 14.3. The highest BCUT2D eigenvalue weighted by Gasteiger charge is 2.61. The largest absolute Gasteiger partial charge is 0.351 e. The summed E-state index contributed by atoms with van der Waals surface area (Å²) in [5.41, 5.74) is 2.19. The SMILES string of the molecule is CC(C)n1cc(C(=O)NCC2(c3ccccc3)CC2(C)C)cn1. The van der Waals surface area contributed by atoms with Gasteiger partial charge in [-0.1, -0.05) is 44.2 Å². The maximum atomic E-state index is 12.4. The van der Waals surface area contributed by atoms with Crippen molar-refractivity contribution in [2.24, 2.45) is 5.41 Å². The Labute approximate surface area is 137 Å². The minimum absolute atomic E-state index is 0.0396. The fraction of sp³-hybridized carbons (Fsp3) is 0.474. The van der Waals surface area contributed by atoms with Crippen molar-refractivity contribution in [1.82, 2.24) is 15.1 Å². The van der Waals surface area contributed by atoms with E-state index in [1.807, 2.05) is 30.8 Å². The summed E-state index contributed by atoms with van der Waals surface area (Å²) in [7, 11) is 0. The molecule has 1 aliphatic carbocycles. The van der Waals surface area contributed by atoms with Crippen molar-refractivity contribution < 1.29 is 4.79 Å². The van der Waals surface area contributed by atoms with Gasteiger partial charge in [0.25, 0.3) is 5.91 Å². The zero-order valence-corrected chi connectivity index (χ0v) is 14.3. The standard InChI is InChI=1S/C19H25N3O/c1-14(2)22-11-15(10-21-22)17(23)20-13-19(12-18(19,3)4)16-8-6-5-7-9-16/h5-11,14H,12-13H2,1-4H3,(H,20,23). The number of amides is 1. The monoisotopic (exact) mass is 311 g/mol. The Balaban J connectivity index is 1.72. The number of hydrogen-bond acceptors (Lipinski definition) is 2. The lowest BCUT2D eigenvalue weighted by Gasteiger charge is -2.21. The first-order valence-corrected chi connectivity index (χ1v) is 8.24. The molecule has 4 nitrogen and oxygen atoms in total. The molecule has 1 amide bonds. The minimum atomic E-state index is -0.0464. The molecular formula is C19H25N3O. The van der Waals surface area contributed by atoms with Crippen LogP contribution in [0.3, 0.4) is 0 Å². The van der Waals surface area contributed by atoms with Gasteiger partial charge in [-0.15, -0.1) is 0 Å². The van der Waals surface area contributed by atoms with Gasteiger partial charge >= 0.3 is 0 Å². The van der Waals surface area contributed by atoms with Crippen LogP contribution in [-0.4, -0.2) is 22.2 Å². The normalized spacial score (nSPS) is 22.1. The van der Waals surface area contributed by atoms with Crippen LogP contribution in [0.25, 0.3) is 0 Å². The first-order chi connectivity index (χ1) is 10.9. The number of nitrogens with zero attached hydrogens (tertiary/aromatic N) is 2. The third-order valence-corrected chi connectivity index (χ3v) is 5.18. The Morgan fingerprint density at radius 2 is 1.96 bits per heavy atom. The third kappa shape index (κ3) is 2.78. The molecule has 1 atom stereocenters. The molecule has 1 N–H and O–H groups in total. The summed E-state index contributed by atoms with van der Waals surface area (Å²) < 4.78 is 1.81. The van der Waals surface area contributed by atoms with Crippen molar-refractivity contribution in [2.75, 3.05) is 6.54 Å². The number of aromatic nitrogens is 2. The van der Waals surface area contributed by atoms with Crippen LogP contribution in [0.1, 0.15) is 56.1 Å². The predicted octanol–water partition coefficient (Wildman–Crippen LogP) is 3.56. The smallest absolute Gasteiger partial charge is 0.254 e. The Morgan fingerprint density at radius 1 is 1.30 bits per heavy atom. The number of hydrogen-bond donors (Lipinski definition) is 1. The number of carbonyl (C=O) groups is 1. The van der Waals surface area contributed by atoms with E-state index in [0.29, 0.717) is 12.1 Å². The van der Waals surface area contributed by atoms with Gasteiger partial charge in [0.1, 0.15) is 0 Å². The van der Waals surface area contributed by atoms with E-state index < -0.39 is 0 Å². The lowest BCUT2D eigenvalue weighted by molar-refractivity contribution is 0.0948. The van der Waals surface area contributed by atoms with Gasteiger partial charge in [-0.05, 0) is 31.2 Å². The van der Waals surface area contributed by atoms with E-state index in [1.54, 1.807) is 6.20 Å². The molecular weight excluding hydrogens is 286 g/mol. The molecule has 122 valence electrons. The second kappa shape index (κ2) is 5.52. The molecule has 2 aromatic rings. The predicted molar refractivity (Wildman–Crippen MR) is 91.5 cm³/mol. The van der Waals surface area contributed by atoms with E-state index in [1.165, 1.54) is 5.56 Å². The van der Waals surface area contributed by atoms with Crippen LogP contribution in [0.5, 0.6) is 0 Å². The molecule has 1 unspecified atom stereocenters. The summed E-state index contributed by atoms with van der Waals surface area (Å²) in [6, 6.07) is 10.8. The average molecular weight is 311 g/mol. The molecule has 0 aliphatic heterocycles. The summed E-state index contributed by atoms with van der Waals surface area (Å²) in [6.45, 7) is 9.29. The Kier molecular flexibility index (Phi) is 3.78. The summed E-state index contributed by atoms with van der Waals surface area (Å²) in [5.74, 6) is -0.0464. The maximum absolute atomic E-state index is 12.4. The summed E-state index contributed by atoms with van der Waals surface area (Å²) in [6.07, 6.45) is 4.55. The number of nitrogens with one attached hydrogen (secondary N) is 1. The molecule has 0 bridgehead atoms. The van der Waals surface area contributed by atoms with Crippen molar-refractivity contribution >= 4 is 5.91 Å². The molecule has 1 aliphatic rings. The Morgan fingerprint density at radius 3 is 2.48 bits per heavy atom. The van der Waals surface area contributed by atoms with Crippen molar-refractivity contribution in [2.45, 2.75) is 45.6 Å². The van der Waals surface area contributed by atoms with E-state index in [2.05, 4.69) is 48.5 Å². The number of rotatable bonds is 5. The van der Waals surface area contributed by atoms with E-state index in [0.717, 1.165) is 6.42 Å². The van der Waals surface area contributed by atoms with Crippen LogP contribution in [0.2, 0.25) is 0 Å². The Hall–Kier alpha value is -2.10. The average Bonchev–Trinajstić information content (AvgIpc) is 2.90. The molecule has 0 spiro atoms. The van der Waals surface area contributed by atoms with Gasteiger partial charge in [-0.25, -0.2) is 0 Å². The van der Waals surface area contributed by atoms with Gasteiger partial charge < -0.3 is 5.32 Å². The highest BCUT2D eigenvalue weighted by atomic mass is 16.1. The van der Waals surface area contributed by atoms with Crippen molar-refractivity contribution in [3.05, 3.63) is 53.9 Å². The van der Waals surface area contributed by atoms with Crippen LogP contribution in [0, 0.1) is 5.41 Å². The Bertz CT molecular complexity index is 702. The van der Waals surface area contributed by atoms with Crippen LogP contribution >= 0.6 is 0 Å². The molecule has 1 saturated carbocycles. The first-order valence-electron chi connectivity index (χ1n) is 8.24. The van der Waals surface area contributed by atoms with Crippen molar-refractivity contribution in [3.8, 4) is 0 Å². The van der Waals surface area contributed by atoms with Gasteiger partial charge in [0.15, 0.2) is 0 Å². The maximum Gasteiger partial charge on any atom is 0.254 e. The quantitative estimate of drug-likeness (QED) is 0.917. The molecule has 1 heterocycles. The van der Waals surface area contributed by atoms with Gasteiger partial charge in [0, 0.05) is 24.2 Å². The summed E-state index contributed by atoms with van der Waals surface area (Å²) in [5, 5.41) is 7.36. The molecule has 0 radical (unpaired) electrons. The topological polar surface area (TPSA) is 46.9 Å². The lowest BCUT2D eigenvalue weighted by Crippen LogP contribution is -2.34. The molecule has 1 aromatic heterocycles. The molecule has 3 rings (SSSR count). The van der Waals surface area contributed by atoms with Gasteiger partial charge in [-0.2, -0.15) is 5.10 Å². The van der Waals surface area contributed by atoms with Crippen LogP contribution in [0.4, 0.5) is 0 Å². The highest BCUT2D eigenvalue weighted by Crippen LogP contribution is 2.63. The molecule has 4 heteroatoms. The van der Waals surface area contributed by atoms with E-state index in [4.69, 9.17) is 0 Å². The van der Waals surface area contributed by atoms with Crippen molar-refractivity contribution in [3.63, 3.8) is 0 Å². The van der Waals surface area contributed by atoms with E-state index >= 15 is 0 Å². The number of benzene rings is 1. The second-order valence-corrected chi connectivity index (χ2v) is 7.49. The van der Waals surface area contributed by atoms with Crippen molar-refractivity contribution in [1.29, 1.82) is 0 Å². The third-order valence-electron chi connectivity index (χ3n) is 5.18. The molecule has 0 saturated heterocycles. The van der Waals surface area contributed by atoms with Gasteiger partial charge in [0.05, 0.1) is 11.8 Å². The molecule has 1 fully saturated rings. The van der Waals surface area contributed by atoms with Crippen LogP contribution in [-0.2, 0) is 5.41 Å². The van der Waals surface area contributed by atoms with Crippen LogP contribution < -0.4 is 5.32 Å². The van der Waals surface area contributed by atoms with Gasteiger partial charge in [0.2, 0.25) is 0 Å². The summed E-state index contributed by atoms with van der Waals surface area (Å²) >= 11 is 0. The lowest BCUT2D eigenvalue weighted by atomic mass is 9.88. The molecule has 1 aromatic carbocycles. The van der Waals surface area contributed by atoms with Gasteiger partial charge in [-0.3, -0.25) is 9.48 Å². The van der Waals surface area contributed by atoms with E-state index in [-0.39, 0.29) is 22.8 Å². The highest BCUT2D eigenvalue weighted by molar-refractivity contribution is 5.93. The first kappa shape index (κ1) is 15.8. The number of carbonyl (C=O) groups excluding carboxylic acids is 1. The molecule has 23 heavy (non-hydrogen) atoms. The second-order valence-electron chi connectivity index (χ2n) is 7.49. The van der Waals surface area contributed by atoms with E-state index in [9.17, 15) is 4.79 Å². The minimum Gasteiger partial charge on any atom is -0.351 e. The fourth-order valence-corrected chi connectivity index (χ4v) is 3.43.